The summed E-state index contributed by atoms with van der Waals surface area (Å²) in [5, 5.41) is 0. The Kier molecular flexibility index (Phi) is 3.72. The van der Waals surface area contributed by atoms with Crippen LogP contribution in [-0.2, 0) is 0 Å². The Bertz CT molecular complexity index is 762. The van der Waals surface area contributed by atoms with Gasteiger partial charge in [-0.05, 0) is 29.8 Å². The van der Waals surface area contributed by atoms with E-state index in [0.29, 0.717) is 5.75 Å². The van der Waals surface area contributed by atoms with Crippen molar-refractivity contribution in [3.63, 3.8) is 0 Å². The number of hydrogen-bond acceptors (Lipinski definition) is 6. The maximum Gasteiger partial charge on any atom is 0.142 e. The minimum atomic E-state index is -0.285. The average molecular weight is 281 g/mol. The van der Waals surface area contributed by atoms with Gasteiger partial charge >= 0.3 is 0 Å². The molecule has 3 aromatic rings. The van der Waals surface area contributed by atoms with Crippen LogP contribution in [0.3, 0.4) is 0 Å². The van der Waals surface area contributed by atoms with Gasteiger partial charge in [0.2, 0.25) is 0 Å². The number of nitrogens with two attached hydrogens (primary N) is 1. The van der Waals surface area contributed by atoms with E-state index in [2.05, 4.69) is 20.4 Å². The number of ether oxygens (including phenoxy) is 1. The molecule has 6 heteroatoms. The van der Waals surface area contributed by atoms with Crippen LogP contribution < -0.4 is 16.0 Å². The first-order valence-electron chi connectivity index (χ1n) is 6.49. The number of hydrazine groups is 1. The maximum absolute atomic E-state index is 5.72. The molecule has 0 saturated heterocycles. The van der Waals surface area contributed by atoms with Gasteiger partial charge in [0.1, 0.15) is 11.4 Å². The fraction of sp³-hybridized carbons (Fsp3) is 0.133. The Hall–Kier alpha value is -2.57. The molecular formula is C15H15N5O. The highest BCUT2D eigenvalue weighted by Gasteiger charge is 2.18. The van der Waals surface area contributed by atoms with Gasteiger partial charge in [-0.25, -0.2) is 5.43 Å². The number of nitrogens with one attached hydrogen (secondary N) is 1. The summed E-state index contributed by atoms with van der Waals surface area (Å²) in [4.78, 5) is 12.9. The third-order valence-corrected chi connectivity index (χ3v) is 3.29. The monoisotopic (exact) mass is 281 g/mol. The number of rotatable bonds is 4. The van der Waals surface area contributed by atoms with E-state index in [1.54, 1.807) is 25.7 Å². The van der Waals surface area contributed by atoms with E-state index in [-0.39, 0.29) is 6.04 Å². The van der Waals surface area contributed by atoms with Gasteiger partial charge in [-0.15, -0.1) is 0 Å². The summed E-state index contributed by atoms with van der Waals surface area (Å²) < 4.78 is 5.35. The second kappa shape index (κ2) is 5.82. The summed E-state index contributed by atoms with van der Waals surface area (Å²) in [5.74, 6) is 6.40. The van der Waals surface area contributed by atoms with Gasteiger partial charge in [-0.3, -0.25) is 20.8 Å². The number of pyridine rings is 1. The zero-order chi connectivity index (χ0) is 14.7. The number of benzene rings is 1. The van der Waals surface area contributed by atoms with Crippen molar-refractivity contribution < 1.29 is 4.74 Å². The largest absolute Gasteiger partial charge is 0.495 e. The fourth-order valence-electron chi connectivity index (χ4n) is 2.29. The lowest BCUT2D eigenvalue weighted by molar-refractivity contribution is 0.400. The van der Waals surface area contributed by atoms with Gasteiger partial charge in [-0.2, -0.15) is 0 Å². The smallest absolute Gasteiger partial charge is 0.142 e. The molecule has 0 spiro atoms. The summed E-state index contributed by atoms with van der Waals surface area (Å²) in [6, 6.07) is 9.20. The molecule has 0 aliphatic rings. The molecule has 21 heavy (non-hydrogen) atoms. The Morgan fingerprint density at radius 2 is 1.86 bits per heavy atom. The van der Waals surface area contributed by atoms with Gasteiger partial charge in [0.15, 0.2) is 0 Å². The Balaban J connectivity index is 2.09. The molecule has 6 nitrogen and oxygen atoms in total. The molecule has 0 aliphatic carbocycles. The molecule has 2 aromatic heterocycles. The van der Waals surface area contributed by atoms with Crippen LogP contribution >= 0.6 is 0 Å². The van der Waals surface area contributed by atoms with Crippen molar-refractivity contribution in [2.75, 3.05) is 7.11 Å². The van der Waals surface area contributed by atoms with Gasteiger partial charge in [-0.1, -0.05) is 6.07 Å². The number of hydrogen-bond donors (Lipinski definition) is 2. The molecule has 0 fully saturated rings. The van der Waals surface area contributed by atoms with Crippen LogP contribution in [0.25, 0.3) is 11.0 Å². The average Bonchev–Trinajstić information content (AvgIpc) is 2.56. The van der Waals surface area contributed by atoms with Crippen molar-refractivity contribution in [3.05, 3.63) is 60.2 Å². The van der Waals surface area contributed by atoms with E-state index >= 15 is 0 Å². The molecule has 3 N–H and O–H groups in total. The Labute approximate surface area is 122 Å². The highest BCUT2D eigenvalue weighted by atomic mass is 16.5. The first-order valence-corrected chi connectivity index (χ1v) is 6.49. The van der Waals surface area contributed by atoms with Crippen LogP contribution in [-0.4, -0.2) is 22.1 Å². The normalized spacial score (nSPS) is 12.3. The predicted molar refractivity (Wildman–Crippen MR) is 79.5 cm³/mol. The van der Waals surface area contributed by atoms with Crippen LogP contribution in [0.15, 0.2) is 48.9 Å². The first-order chi connectivity index (χ1) is 10.3. The van der Waals surface area contributed by atoms with Crippen LogP contribution in [0.5, 0.6) is 5.75 Å². The van der Waals surface area contributed by atoms with Crippen LogP contribution in [0.1, 0.15) is 17.3 Å². The second-order valence-corrected chi connectivity index (χ2v) is 4.50. The highest BCUT2D eigenvalue weighted by Crippen LogP contribution is 2.28. The summed E-state index contributed by atoms with van der Waals surface area (Å²) in [6.45, 7) is 0. The Morgan fingerprint density at radius 3 is 2.62 bits per heavy atom. The standard InChI is InChI=1S/C15H15N5O/c1-21-13-3-2-6-19-15(13)14(20-16)10-4-5-11-12(9-10)18-8-7-17-11/h2-9,14,20H,16H2,1H3. The predicted octanol–water partition coefficient (Wildman–Crippen LogP) is 1.59. The van der Waals surface area contributed by atoms with Gasteiger partial charge in [0.05, 0.1) is 24.2 Å². The topological polar surface area (TPSA) is 86.0 Å². The summed E-state index contributed by atoms with van der Waals surface area (Å²) >= 11 is 0. The van der Waals surface area contributed by atoms with Gasteiger partial charge in [0.25, 0.3) is 0 Å². The Morgan fingerprint density at radius 1 is 1.05 bits per heavy atom. The van der Waals surface area contributed by atoms with Crippen molar-refractivity contribution in [2.45, 2.75) is 6.04 Å². The molecule has 1 unspecified atom stereocenters. The molecule has 1 aromatic carbocycles. The first kappa shape index (κ1) is 13.4. The van der Waals surface area contributed by atoms with Crippen LogP contribution in [0, 0.1) is 0 Å². The summed E-state index contributed by atoms with van der Waals surface area (Å²) in [5.41, 5.74) is 6.11. The van der Waals surface area contributed by atoms with Crippen molar-refractivity contribution in [2.24, 2.45) is 5.84 Å². The van der Waals surface area contributed by atoms with Gasteiger partial charge < -0.3 is 4.74 Å². The van der Waals surface area contributed by atoms with Crippen molar-refractivity contribution in [1.82, 2.24) is 20.4 Å². The number of nitrogens with zero attached hydrogens (tertiary/aromatic N) is 3. The second-order valence-electron chi connectivity index (χ2n) is 4.50. The molecule has 0 bridgehead atoms. The lowest BCUT2D eigenvalue weighted by Crippen LogP contribution is -2.29. The van der Waals surface area contributed by atoms with E-state index in [9.17, 15) is 0 Å². The maximum atomic E-state index is 5.72. The van der Waals surface area contributed by atoms with E-state index in [0.717, 1.165) is 22.3 Å². The van der Waals surface area contributed by atoms with Crippen molar-refractivity contribution in [1.29, 1.82) is 0 Å². The summed E-state index contributed by atoms with van der Waals surface area (Å²) in [7, 11) is 1.61. The lowest BCUT2D eigenvalue weighted by atomic mass is 10.0. The molecule has 0 amide bonds. The molecule has 1 atom stereocenters. The van der Waals surface area contributed by atoms with Crippen molar-refractivity contribution >= 4 is 11.0 Å². The third kappa shape index (κ3) is 2.54. The zero-order valence-corrected chi connectivity index (χ0v) is 11.5. The molecule has 0 saturated carbocycles. The highest BCUT2D eigenvalue weighted by molar-refractivity contribution is 5.74. The molecule has 2 heterocycles. The number of methoxy groups -OCH3 is 1. The van der Waals surface area contributed by atoms with E-state index in [1.807, 2.05) is 30.3 Å². The SMILES string of the molecule is COc1cccnc1C(NN)c1ccc2nccnc2c1. The third-order valence-electron chi connectivity index (χ3n) is 3.29. The number of fused-ring (bicyclic) bond motifs is 1. The molecule has 0 radical (unpaired) electrons. The van der Waals surface area contributed by atoms with E-state index in [4.69, 9.17) is 10.6 Å². The van der Waals surface area contributed by atoms with E-state index in [1.165, 1.54) is 0 Å². The molecule has 106 valence electrons. The minimum absolute atomic E-state index is 0.285. The molecular weight excluding hydrogens is 266 g/mol. The molecule has 3 rings (SSSR count). The summed E-state index contributed by atoms with van der Waals surface area (Å²) in [6.07, 6.45) is 5.05. The van der Waals surface area contributed by atoms with Crippen LogP contribution in [0.4, 0.5) is 0 Å². The van der Waals surface area contributed by atoms with E-state index < -0.39 is 0 Å². The van der Waals surface area contributed by atoms with Crippen LogP contribution in [0.2, 0.25) is 0 Å². The van der Waals surface area contributed by atoms with Gasteiger partial charge in [0, 0.05) is 18.6 Å². The lowest BCUT2D eigenvalue weighted by Gasteiger charge is -2.18. The number of aromatic nitrogens is 3. The zero-order valence-electron chi connectivity index (χ0n) is 11.5. The van der Waals surface area contributed by atoms with Crippen molar-refractivity contribution in [3.8, 4) is 5.75 Å². The molecule has 0 aliphatic heterocycles. The fourth-order valence-corrected chi connectivity index (χ4v) is 2.29. The minimum Gasteiger partial charge on any atom is -0.495 e. The quantitative estimate of drug-likeness (QED) is 0.558.